The summed E-state index contributed by atoms with van der Waals surface area (Å²) in [6, 6.07) is 11.3. The monoisotopic (exact) mass is 436 g/mol. The minimum Gasteiger partial charge on any atom is -0.468 e. The molecular weight excluding hydrogens is 423 g/mol. The van der Waals surface area contributed by atoms with E-state index in [-0.39, 0.29) is 24.7 Å². The number of ether oxygens (including phenoxy) is 1. The summed E-state index contributed by atoms with van der Waals surface area (Å²) < 4.78 is 21.1. The molecule has 0 aliphatic rings. The van der Waals surface area contributed by atoms with Gasteiger partial charge in [0.25, 0.3) is 5.91 Å². The number of aromatic nitrogens is 1. The molecule has 0 aliphatic carbocycles. The van der Waals surface area contributed by atoms with Crippen LogP contribution in [0.2, 0.25) is 0 Å². The summed E-state index contributed by atoms with van der Waals surface area (Å²) in [5.41, 5.74) is 1.46. The average Bonchev–Trinajstić information content (AvgIpc) is 2.93. The molecule has 1 amide bonds. The van der Waals surface area contributed by atoms with Crippen molar-refractivity contribution in [1.29, 1.82) is 0 Å². The Bertz CT molecular complexity index is 1040. The fraction of sp³-hybridized carbons (Fsp3) is 0.167. The number of nitrogens with zero attached hydrogens (tertiary/aromatic N) is 2. The Morgan fingerprint density at radius 1 is 1.23 bits per heavy atom. The first kappa shape index (κ1) is 18.5. The third-order valence-electron chi connectivity index (χ3n) is 3.65. The van der Waals surface area contributed by atoms with Crippen molar-refractivity contribution in [1.82, 2.24) is 4.57 Å². The Kier molecular flexibility index (Phi) is 5.63. The summed E-state index contributed by atoms with van der Waals surface area (Å²) in [5.74, 6) is -1.16. The normalized spacial score (nSPS) is 11.7. The molecule has 0 bridgehead atoms. The second-order valence-corrected chi connectivity index (χ2v) is 7.39. The Morgan fingerprint density at radius 2 is 1.96 bits per heavy atom. The van der Waals surface area contributed by atoms with Gasteiger partial charge in [-0.15, -0.1) is 0 Å². The zero-order valence-electron chi connectivity index (χ0n) is 13.7. The van der Waals surface area contributed by atoms with Crippen molar-refractivity contribution in [2.75, 3.05) is 7.11 Å². The first-order valence-corrected chi connectivity index (χ1v) is 9.25. The van der Waals surface area contributed by atoms with Gasteiger partial charge >= 0.3 is 5.97 Å². The number of rotatable bonds is 4. The van der Waals surface area contributed by atoms with Crippen molar-refractivity contribution in [3.8, 4) is 0 Å². The molecule has 0 saturated carbocycles. The molecule has 0 radical (unpaired) electrons. The fourth-order valence-electron chi connectivity index (χ4n) is 2.40. The molecule has 0 spiro atoms. The van der Waals surface area contributed by atoms with Gasteiger partial charge in [-0.05, 0) is 35.9 Å². The van der Waals surface area contributed by atoms with Gasteiger partial charge in [0.1, 0.15) is 12.4 Å². The molecule has 26 heavy (non-hydrogen) atoms. The van der Waals surface area contributed by atoms with Crippen LogP contribution in [0.1, 0.15) is 5.56 Å². The lowest BCUT2D eigenvalue weighted by atomic mass is 10.1. The van der Waals surface area contributed by atoms with E-state index in [9.17, 15) is 14.0 Å². The number of carbonyl (C=O) groups is 2. The smallest absolute Gasteiger partial charge is 0.325 e. The van der Waals surface area contributed by atoms with Crippen LogP contribution in [0.25, 0.3) is 10.2 Å². The predicted octanol–water partition coefficient (Wildman–Crippen LogP) is 3.45. The average molecular weight is 437 g/mol. The van der Waals surface area contributed by atoms with Gasteiger partial charge in [0, 0.05) is 4.47 Å². The van der Waals surface area contributed by atoms with E-state index in [1.54, 1.807) is 16.7 Å². The third-order valence-corrected chi connectivity index (χ3v) is 5.18. The number of fused-ring (bicyclic) bond motifs is 1. The Hall–Kier alpha value is -2.32. The van der Waals surface area contributed by atoms with Gasteiger partial charge in [-0.3, -0.25) is 9.59 Å². The lowest BCUT2D eigenvalue weighted by Crippen LogP contribution is -2.22. The van der Waals surface area contributed by atoms with E-state index in [1.807, 2.05) is 18.2 Å². The maximum absolute atomic E-state index is 13.0. The van der Waals surface area contributed by atoms with Crippen LogP contribution in [0.15, 0.2) is 51.9 Å². The van der Waals surface area contributed by atoms with Crippen molar-refractivity contribution in [3.05, 3.63) is 63.1 Å². The van der Waals surface area contributed by atoms with E-state index in [2.05, 4.69) is 20.9 Å². The molecule has 8 heteroatoms. The number of halogens is 2. The van der Waals surface area contributed by atoms with E-state index in [4.69, 9.17) is 4.74 Å². The summed E-state index contributed by atoms with van der Waals surface area (Å²) in [7, 11) is 1.31. The number of amides is 1. The number of hydrogen-bond donors (Lipinski definition) is 0. The molecular formula is C18H14BrFN2O3S. The van der Waals surface area contributed by atoms with Crippen LogP contribution in [0.5, 0.6) is 0 Å². The molecule has 3 rings (SSSR count). The highest BCUT2D eigenvalue weighted by molar-refractivity contribution is 9.10. The van der Waals surface area contributed by atoms with Crippen molar-refractivity contribution in [2.24, 2.45) is 4.99 Å². The van der Waals surface area contributed by atoms with E-state index in [0.717, 1.165) is 14.7 Å². The molecule has 0 N–H and O–H groups in total. The topological polar surface area (TPSA) is 60.7 Å². The summed E-state index contributed by atoms with van der Waals surface area (Å²) >= 11 is 4.72. The van der Waals surface area contributed by atoms with Crippen LogP contribution >= 0.6 is 27.3 Å². The number of hydrogen-bond acceptors (Lipinski definition) is 4. The van der Waals surface area contributed by atoms with Gasteiger partial charge in [-0.2, -0.15) is 4.99 Å². The summed E-state index contributed by atoms with van der Waals surface area (Å²) in [6.45, 7) is -0.0409. The van der Waals surface area contributed by atoms with Gasteiger partial charge in [-0.1, -0.05) is 39.4 Å². The number of thiazole rings is 1. The summed E-state index contributed by atoms with van der Waals surface area (Å²) in [6.07, 6.45) is 0.0520. The largest absolute Gasteiger partial charge is 0.468 e. The number of esters is 1. The van der Waals surface area contributed by atoms with Crippen molar-refractivity contribution in [2.45, 2.75) is 13.0 Å². The lowest BCUT2D eigenvalue weighted by Gasteiger charge is -2.03. The molecule has 0 unspecified atom stereocenters. The maximum Gasteiger partial charge on any atom is 0.325 e. The zero-order valence-corrected chi connectivity index (χ0v) is 16.1. The maximum atomic E-state index is 13.0. The molecule has 3 aromatic rings. The summed E-state index contributed by atoms with van der Waals surface area (Å²) in [4.78, 5) is 28.6. The molecule has 0 saturated heterocycles. The third kappa shape index (κ3) is 4.25. The molecule has 1 heterocycles. The molecule has 2 aromatic carbocycles. The minimum atomic E-state index is -0.431. The quantitative estimate of drug-likeness (QED) is 0.588. The van der Waals surface area contributed by atoms with Crippen molar-refractivity contribution in [3.63, 3.8) is 0 Å². The second-order valence-electron chi connectivity index (χ2n) is 5.47. The first-order valence-electron chi connectivity index (χ1n) is 7.64. The van der Waals surface area contributed by atoms with E-state index < -0.39 is 5.97 Å². The zero-order chi connectivity index (χ0) is 18.7. The number of carbonyl (C=O) groups excluding carboxylic acids is 2. The van der Waals surface area contributed by atoms with Gasteiger partial charge in [0.15, 0.2) is 4.80 Å². The van der Waals surface area contributed by atoms with Crippen molar-refractivity contribution < 1.29 is 18.7 Å². The van der Waals surface area contributed by atoms with Gasteiger partial charge < -0.3 is 9.30 Å². The standard InChI is InChI=1S/C18H14BrFN2O3S/c1-25-17(24)10-22-14-7-4-12(19)9-15(14)26-18(22)21-16(23)8-11-2-5-13(20)6-3-11/h2-7,9H,8,10H2,1H3. The molecule has 1 aromatic heterocycles. The molecule has 0 atom stereocenters. The molecule has 0 fully saturated rings. The second kappa shape index (κ2) is 7.92. The highest BCUT2D eigenvalue weighted by atomic mass is 79.9. The van der Waals surface area contributed by atoms with Crippen molar-refractivity contribution >= 4 is 49.4 Å². The Labute approximate surface area is 160 Å². The van der Waals surface area contributed by atoms with Gasteiger partial charge in [0.05, 0.1) is 23.7 Å². The first-order chi connectivity index (χ1) is 12.5. The molecule has 0 aliphatic heterocycles. The number of methoxy groups -OCH3 is 1. The van der Waals surface area contributed by atoms with Gasteiger partial charge in [-0.25, -0.2) is 4.39 Å². The van der Waals surface area contributed by atoms with E-state index in [1.165, 1.54) is 30.6 Å². The fourth-order valence-corrected chi connectivity index (χ4v) is 4.00. The summed E-state index contributed by atoms with van der Waals surface area (Å²) in [5, 5.41) is 0. The van der Waals surface area contributed by atoms with Crippen LogP contribution < -0.4 is 4.80 Å². The Morgan fingerprint density at radius 3 is 2.65 bits per heavy atom. The van der Waals surface area contributed by atoms with Crippen LogP contribution in [-0.2, 0) is 27.3 Å². The predicted molar refractivity (Wildman–Crippen MR) is 100 cm³/mol. The highest BCUT2D eigenvalue weighted by Crippen LogP contribution is 2.22. The van der Waals surface area contributed by atoms with Crippen LogP contribution in [0, 0.1) is 5.82 Å². The SMILES string of the molecule is COC(=O)Cn1c(=NC(=O)Cc2ccc(F)cc2)sc2cc(Br)ccc21. The van der Waals surface area contributed by atoms with E-state index >= 15 is 0 Å². The van der Waals surface area contributed by atoms with Gasteiger partial charge in [0.2, 0.25) is 0 Å². The highest BCUT2D eigenvalue weighted by Gasteiger charge is 2.12. The molecule has 5 nitrogen and oxygen atoms in total. The Balaban J connectivity index is 2.00. The van der Waals surface area contributed by atoms with Crippen LogP contribution in [-0.4, -0.2) is 23.6 Å². The minimum absolute atomic E-state index is 0.0409. The lowest BCUT2D eigenvalue weighted by molar-refractivity contribution is -0.141. The molecule has 134 valence electrons. The van der Waals surface area contributed by atoms with Crippen LogP contribution in [0.3, 0.4) is 0 Å². The van der Waals surface area contributed by atoms with Crippen LogP contribution in [0.4, 0.5) is 4.39 Å². The van der Waals surface area contributed by atoms with E-state index in [0.29, 0.717) is 10.4 Å². The number of benzene rings is 2.